The molecule has 0 saturated carbocycles. The topological polar surface area (TPSA) is 90.3 Å². The molecule has 1 aliphatic heterocycles. The number of carbonyl (C=O) groups is 1. The zero-order valence-electron chi connectivity index (χ0n) is 19.0. The van der Waals surface area contributed by atoms with E-state index in [0.29, 0.717) is 42.2 Å². The normalized spacial score (nSPS) is 15.8. The molecule has 0 aliphatic carbocycles. The van der Waals surface area contributed by atoms with Gasteiger partial charge in [0.1, 0.15) is 0 Å². The molecule has 1 unspecified atom stereocenters. The second kappa shape index (κ2) is 10.2. The van der Waals surface area contributed by atoms with Gasteiger partial charge in [0, 0.05) is 24.3 Å². The van der Waals surface area contributed by atoms with Gasteiger partial charge in [-0.2, -0.15) is 5.26 Å². The SMILES string of the molecule is CCCC(C)S(=O)(=O)Nc1ccc(C)c(C(=O)N2CCC(c3ccc(C#N)cc3)CC2)c1. The first kappa shape index (κ1) is 23.8. The van der Waals surface area contributed by atoms with E-state index in [0.717, 1.165) is 24.8 Å². The fraction of sp³-hybridized carbons (Fsp3) is 0.440. The lowest BCUT2D eigenvalue weighted by Crippen LogP contribution is -2.38. The number of rotatable bonds is 7. The molecule has 2 aromatic carbocycles. The molecule has 1 aliphatic rings. The average Bonchev–Trinajstić information content (AvgIpc) is 2.80. The summed E-state index contributed by atoms with van der Waals surface area (Å²) >= 11 is 0. The number of anilines is 1. The molecule has 0 radical (unpaired) electrons. The number of hydrogen-bond acceptors (Lipinski definition) is 4. The Balaban J connectivity index is 1.68. The van der Waals surface area contributed by atoms with Gasteiger partial charge >= 0.3 is 0 Å². The maximum atomic E-state index is 13.2. The zero-order chi connectivity index (χ0) is 23.3. The number of nitrogens with one attached hydrogen (secondary N) is 1. The third-order valence-electron chi connectivity index (χ3n) is 6.25. The van der Waals surface area contributed by atoms with E-state index in [2.05, 4.69) is 10.8 Å². The van der Waals surface area contributed by atoms with Gasteiger partial charge in [0.25, 0.3) is 5.91 Å². The molecule has 0 bridgehead atoms. The van der Waals surface area contributed by atoms with E-state index >= 15 is 0 Å². The van der Waals surface area contributed by atoms with Crippen LogP contribution >= 0.6 is 0 Å². The van der Waals surface area contributed by atoms with Crippen LogP contribution in [0.1, 0.15) is 72.5 Å². The van der Waals surface area contributed by atoms with Gasteiger partial charge in [-0.3, -0.25) is 9.52 Å². The Labute approximate surface area is 191 Å². The van der Waals surface area contributed by atoms with Crippen LogP contribution in [0.4, 0.5) is 5.69 Å². The molecule has 7 heteroatoms. The minimum Gasteiger partial charge on any atom is -0.339 e. The second-order valence-electron chi connectivity index (χ2n) is 8.58. The zero-order valence-corrected chi connectivity index (χ0v) is 19.8. The predicted molar refractivity (Wildman–Crippen MR) is 127 cm³/mol. The number of aryl methyl sites for hydroxylation is 1. The maximum absolute atomic E-state index is 13.2. The van der Waals surface area contributed by atoms with Crippen LogP contribution in [0.5, 0.6) is 0 Å². The Hall–Kier alpha value is -2.85. The van der Waals surface area contributed by atoms with Crippen molar-refractivity contribution in [3.05, 3.63) is 64.7 Å². The molecule has 2 aromatic rings. The van der Waals surface area contributed by atoms with Crippen LogP contribution in [0, 0.1) is 18.3 Å². The van der Waals surface area contributed by atoms with E-state index in [1.54, 1.807) is 25.1 Å². The summed E-state index contributed by atoms with van der Waals surface area (Å²) in [5, 5.41) is 8.47. The molecule has 1 saturated heterocycles. The molecular formula is C25H31N3O3S. The van der Waals surface area contributed by atoms with Crippen LogP contribution in [0.3, 0.4) is 0 Å². The van der Waals surface area contributed by atoms with E-state index in [1.165, 1.54) is 5.56 Å². The summed E-state index contributed by atoms with van der Waals surface area (Å²) in [6.07, 6.45) is 3.09. The fourth-order valence-corrected chi connectivity index (χ4v) is 5.36. The van der Waals surface area contributed by atoms with Crippen molar-refractivity contribution in [2.75, 3.05) is 17.8 Å². The van der Waals surface area contributed by atoms with Gasteiger partial charge in [0.15, 0.2) is 0 Å². The third-order valence-corrected chi connectivity index (χ3v) is 8.06. The number of nitriles is 1. The Bertz CT molecular complexity index is 1100. The first-order valence-electron chi connectivity index (χ1n) is 11.2. The van der Waals surface area contributed by atoms with Gasteiger partial charge in [-0.1, -0.05) is 31.5 Å². The van der Waals surface area contributed by atoms with Crippen LogP contribution in [0.15, 0.2) is 42.5 Å². The van der Waals surface area contributed by atoms with Gasteiger partial charge < -0.3 is 4.90 Å². The lowest BCUT2D eigenvalue weighted by molar-refractivity contribution is 0.0712. The van der Waals surface area contributed by atoms with Crippen LogP contribution < -0.4 is 4.72 Å². The van der Waals surface area contributed by atoms with Crippen LogP contribution in [-0.4, -0.2) is 37.6 Å². The lowest BCUT2D eigenvalue weighted by atomic mass is 9.88. The summed E-state index contributed by atoms with van der Waals surface area (Å²) in [5.41, 5.74) is 3.63. The number of nitrogens with zero attached hydrogens (tertiary/aromatic N) is 2. The van der Waals surface area contributed by atoms with E-state index in [-0.39, 0.29) is 5.91 Å². The average molecular weight is 454 g/mol. The van der Waals surface area contributed by atoms with Crippen molar-refractivity contribution in [3.8, 4) is 6.07 Å². The van der Waals surface area contributed by atoms with Crippen molar-refractivity contribution in [2.24, 2.45) is 0 Å². The molecule has 0 aromatic heterocycles. The maximum Gasteiger partial charge on any atom is 0.254 e. The first-order chi connectivity index (χ1) is 15.2. The predicted octanol–water partition coefficient (Wildman–Crippen LogP) is 4.82. The Morgan fingerprint density at radius 3 is 2.44 bits per heavy atom. The van der Waals surface area contributed by atoms with Crippen LogP contribution in [-0.2, 0) is 10.0 Å². The monoisotopic (exact) mass is 453 g/mol. The smallest absolute Gasteiger partial charge is 0.254 e. The number of sulfonamides is 1. The number of carbonyl (C=O) groups excluding carboxylic acids is 1. The molecule has 6 nitrogen and oxygen atoms in total. The lowest BCUT2D eigenvalue weighted by Gasteiger charge is -2.32. The molecule has 1 heterocycles. The van der Waals surface area contributed by atoms with Crippen molar-refractivity contribution in [3.63, 3.8) is 0 Å². The highest BCUT2D eigenvalue weighted by Gasteiger charge is 2.26. The second-order valence-corrected chi connectivity index (χ2v) is 10.7. The number of piperidine rings is 1. The highest BCUT2D eigenvalue weighted by atomic mass is 32.2. The molecule has 0 spiro atoms. The molecular weight excluding hydrogens is 422 g/mol. The molecule has 1 amide bonds. The van der Waals surface area contributed by atoms with E-state index < -0.39 is 15.3 Å². The molecule has 3 rings (SSSR count). The summed E-state index contributed by atoms with van der Waals surface area (Å²) in [6, 6.07) is 15.0. The Morgan fingerprint density at radius 2 is 1.84 bits per heavy atom. The van der Waals surface area contributed by atoms with Gasteiger partial charge in [-0.15, -0.1) is 0 Å². The Morgan fingerprint density at radius 1 is 1.19 bits per heavy atom. The van der Waals surface area contributed by atoms with Crippen molar-refractivity contribution in [1.82, 2.24) is 4.90 Å². The molecule has 170 valence electrons. The molecule has 1 atom stereocenters. The van der Waals surface area contributed by atoms with Gasteiger partial charge in [0.05, 0.1) is 16.9 Å². The van der Waals surface area contributed by atoms with E-state index in [1.807, 2.05) is 43.0 Å². The minimum absolute atomic E-state index is 0.0663. The number of likely N-dealkylation sites (tertiary alicyclic amines) is 1. The fourth-order valence-electron chi connectivity index (χ4n) is 4.16. The quantitative estimate of drug-likeness (QED) is 0.651. The largest absolute Gasteiger partial charge is 0.339 e. The highest BCUT2D eigenvalue weighted by molar-refractivity contribution is 7.93. The summed E-state index contributed by atoms with van der Waals surface area (Å²) < 4.78 is 27.7. The first-order valence-corrected chi connectivity index (χ1v) is 12.7. The third kappa shape index (κ3) is 5.49. The van der Waals surface area contributed by atoms with Gasteiger partial charge in [-0.05, 0) is 74.4 Å². The minimum atomic E-state index is -3.49. The molecule has 1 N–H and O–H groups in total. The van der Waals surface area contributed by atoms with Crippen molar-refractivity contribution in [1.29, 1.82) is 5.26 Å². The van der Waals surface area contributed by atoms with Crippen molar-refractivity contribution >= 4 is 21.6 Å². The molecule has 32 heavy (non-hydrogen) atoms. The van der Waals surface area contributed by atoms with Crippen LogP contribution in [0.25, 0.3) is 0 Å². The van der Waals surface area contributed by atoms with Crippen LogP contribution in [0.2, 0.25) is 0 Å². The van der Waals surface area contributed by atoms with E-state index in [4.69, 9.17) is 5.26 Å². The summed E-state index contributed by atoms with van der Waals surface area (Å²) in [5.74, 6) is 0.300. The summed E-state index contributed by atoms with van der Waals surface area (Å²) in [6.45, 7) is 6.82. The summed E-state index contributed by atoms with van der Waals surface area (Å²) in [4.78, 5) is 15.1. The molecule has 1 fully saturated rings. The van der Waals surface area contributed by atoms with Crippen molar-refractivity contribution < 1.29 is 13.2 Å². The number of amides is 1. The van der Waals surface area contributed by atoms with Gasteiger partial charge in [-0.25, -0.2) is 8.42 Å². The van der Waals surface area contributed by atoms with Crippen molar-refractivity contribution in [2.45, 2.75) is 57.6 Å². The number of benzene rings is 2. The standard InChI is InChI=1S/C25H31N3O3S/c1-4-5-19(3)32(30,31)27-23-11-6-18(2)24(16-23)25(29)28-14-12-22(13-15-28)21-9-7-20(17-26)8-10-21/h6-11,16,19,22,27H,4-5,12-15H2,1-3H3. The summed E-state index contributed by atoms with van der Waals surface area (Å²) in [7, 11) is -3.49. The van der Waals surface area contributed by atoms with Gasteiger partial charge in [0.2, 0.25) is 10.0 Å². The Kier molecular flexibility index (Phi) is 7.57. The highest BCUT2D eigenvalue weighted by Crippen LogP contribution is 2.29. The van der Waals surface area contributed by atoms with E-state index in [9.17, 15) is 13.2 Å². The number of hydrogen-bond donors (Lipinski definition) is 1.